The molecule has 0 aromatic heterocycles. The molecule has 1 heterocycles. The maximum atomic E-state index is 11.3. The van der Waals surface area contributed by atoms with Crippen molar-refractivity contribution in [2.75, 3.05) is 39.8 Å². The molecular weight excluding hydrogens is 262 g/mol. The summed E-state index contributed by atoms with van der Waals surface area (Å²) in [6.45, 7) is 10.3. The second-order valence-electron chi connectivity index (χ2n) is 7.11. The van der Waals surface area contributed by atoms with E-state index in [4.69, 9.17) is 0 Å². The second kappa shape index (κ2) is 8.14. The number of hydrogen-bond donors (Lipinski definition) is 1. The van der Waals surface area contributed by atoms with Crippen LogP contribution in [0.5, 0.6) is 0 Å². The third-order valence-corrected chi connectivity index (χ3v) is 5.54. The standard InChI is InChI=1S/C17H33N3O/c1-14(2)15-4-6-16(7-5-15)20-12-10-19(11-13-20)9-8-17(21)18-3/h14-16H,4-13H2,1-3H3,(H,18,21). The Morgan fingerprint density at radius 1 is 1.10 bits per heavy atom. The first kappa shape index (κ1) is 16.8. The summed E-state index contributed by atoms with van der Waals surface area (Å²) in [5.74, 6) is 1.96. The molecule has 0 spiro atoms. The summed E-state index contributed by atoms with van der Waals surface area (Å²) in [7, 11) is 1.72. The van der Waals surface area contributed by atoms with Crippen LogP contribution < -0.4 is 5.32 Å². The van der Waals surface area contributed by atoms with Gasteiger partial charge in [0.2, 0.25) is 5.91 Å². The number of carbonyl (C=O) groups excluding carboxylic acids is 1. The number of hydrogen-bond acceptors (Lipinski definition) is 3. The Morgan fingerprint density at radius 3 is 2.24 bits per heavy atom. The van der Waals surface area contributed by atoms with Gasteiger partial charge in [-0.2, -0.15) is 0 Å². The highest BCUT2D eigenvalue weighted by Gasteiger charge is 2.29. The van der Waals surface area contributed by atoms with Gasteiger partial charge in [0, 0.05) is 52.2 Å². The van der Waals surface area contributed by atoms with E-state index in [9.17, 15) is 4.79 Å². The molecule has 4 nitrogen and oxygen atoms in total. The summed E-state index contributed by atoms with van der Waals surface area (Å²) in [5.41, 5.74) is 0. The quantitative estimate of drug-likeness (QED) is 0.842. The lowest BCUT2D eigenvalue weighted by Crippen LogP contribution is -2.51. The van der Waals surface area contributed by atoms with Gasteiger partial charge in [-0.15, -0.1) is 0 Å². The Hall–Kier alpha value is -0.610. The van der Waals surface area contributed by atoms with Crippen LogP contribution in [0.1, 0.15) is 46.0 Å². The normalized spacial score (nSPS) is 28.8. The predicted molar refractivity (Wildman–Crippen MR) is 87.3 cm³/mol. The number of carbonyl (C=O) groups is 1. The molecule has 1 aliphatic heterocycles. The first-order valence-electron chi connectivity index (χ1n) is 8.77. The molecule has 2 aliphatic rings. The molecule has 1 N–H and O–H groups in total. The van der Waals surface area contributed by atoms with Crippen molar-refractivity contribution in [3.8, 4) is 0 Å². The highest BCUT2D eigenvalue weighted by Crippen LogP contribution is 2.32. The van der Waals surface area contributed by atoms with Crippen molar-refractivity contribution in [3.05, 3.63) is 0 Å². The van der Waals surface area contributed by atoms with Crippen molar-refractivity contribution in [3.63, 3.8) is 0 Å². The van der Waals surface area contributed by atoms with E-state index < -0.39 is 0 Å². The smallest absolute Gasteiger partial charge is 0.221 e. The maximum absolute atomic E-state index is 11.3. The SMILES string of the molecule is CNC(=O)CCN1CCN(C2CCC(C(C)C)CC2)CC1. The van der Waals surface area contributed by atoms with E-state index in [1.54, 1.807) is 7.05 Å². The fourth-order valence-corrected chi connectivity index (χ4v) is 3.87. The first-order valence-corrected chi connectivity index (χ1v) is 8.77. The van der Waals surface area contributed by atoms with Crippen LogP contribution in [0.25, 0.3) is 0 Å². The van der Waals surface area contributed by atoms with Crippen LogP contribution in [0, 0.1) is 11.8 Å². The monoisotopic (exact) mass is 295 g/mol. The molecule has 0 atom stereocenters. The number of piperazine rings is 1. The first-order chi connectivity index (χ1) is 10.1. The third kappa shape index (κ3) is 4.96. The average molecular weight is 295 g/mol. The minimum Gasteiger partial charge on any atom is -0.359 e. The van der Waals surface area contributed by atoms with E-state index in [1.807, 2.05) is 0 Å². The molecule has 2 rings (SSSR count). The molecule has 0 aromatic carbocycles. The minimum absolute atomic E-state index is 0.157. The van der Waals surface area contributed by atoms with Crippen molar-refractivity contribution in [1.82, 2.24) is 15.1 Å². The Labute approximate surface area is 130 Å². The summed E-state index contributed by atoms with van der Waals surface area (Å²) < 4.78 is 0. The summed E-state index contributed by atoms with van der Waals surface area (Å²) in [5, 5.41) is 2.70. The Morgan fingerprint density at radius 2 is 1.71 bits per heavy atom. The van der Waals surface area contributed by atoms with Crippen LogP contribution in [-0.4, -0.2) is 61.5 Å². The molecule has 0 bridgehead atoms. The zero-order chi connectivity index (χ0) is 15.2. The van der Waals surface area contributed by atoms with Crippen LogP contribution >= 0.6 is 0 Å². The molecule has 1 aliphatic carbocycles. The topological polar surface area (TPSA) is 35.6 Å². The average Bonchev–Trinajstić information content (AvgIpc) is 2.53. The lowest BCUT2D eigenvalue weighted by Gasteiger charge is -2.42. The third-order valence-electron chi connectivity index (χ3n) is 5.54. The van der Waals surface area contributed by atoms with Crippen LogP contribution in [0.2, 0.25) is 0 Å². The van der Waals surface area contributed by atoms with E-state index in [1.165, 1.54) is 38.8 Å². The Kier molecular flexibility index (Phi) is 6.49. The highest BCUT2D eigenvalue weighted by molar-refractivity contribution is 5.75. The zero-order valence-corrected chi connectivity index (χ0v) is 14.1. The predicted octanol–water partition coefficient (Wildman–Crippen LogP) is 1.95. The highest BCUT2D eigenvalue weighted by atomic mass is 16.1. The van der Waals surface area contributed by atoms with Crippen molar-refractivity contribution >= 4 is 5.91 Å². The minimum atomic E-state index is 0.157. The zero-order valence-electron chi connectivity index (χ0n) is 14.1. The number of nitrogens with one attached hydrogen (secondary N) is 1. The van der Waals surface area contributed by atoms with Gasteiger partial charge in [0.15, 0.2) is 0 Å². The molecule has 2 fully saturated rings. The Balaban J connectivity index is 1.66. The molecule has 1 amide bonds. The number of rotatable bonds is 5. The fourth-order valence-electron chi connectivity index (χ4n) is 3.87. The van der Waals surface area contributed by atoms with E-state index in [2.05, 4.69) is 29.0 Å². The largest absolute Gasteiger partial charge is 0.359 e. The van der Waals surface area contributed by atoms with Crippen LogP contribution in [-0.2, 0) is 4.79 Å². The summed E-state index contributed by atoms with van der Waals surface area (Å²) in [4.78, 5) is 16.4. The van der Waals surface area contributed by atoms with Gasteiger partial charge < -0.3 is 10.2 Å². The van der Waals surface area contributed by atoms with E-state index in [-0.39, 0.29) is 5.91 Å². The summed E-state index contributed by atoms with van der Waals surface area (Å²) in [6.07, 6.45) is 6.25. The number of amides is 1. The Bertz CT molecular complexity index is 316. The summed E-state index contributed by atoms with van der Waals surface area (Å²) in [6, 6.07) is 0.820. The molecule has 21 heavy (non-hydrogen) atoms. The molecule has 4 heteroatoms. The molecule has 122 valence electrons. The lowest BCUT2D eigenvalue weighted by molar-refractivity contribution is -0.121. The van der Waals surface area contributed by atoms with E-state index in [0.717, 1.165) is 37.5 Å². The lowest BCUT2D eigenvalue weighted by atomic mass is 9.79. The van der Waals surface area contributed by atoms with Gasteiger partial charge >= 0.3 is 0 Å². The fraction of sp³-hybridized carbons (Fsp3) is 0.941. The van der Waals surface area contributed by atoms with E-state index >= 15 is 0 Å². The molecular formula is C17H33N3O. The van der Waals surface area contributed by atoms with Gasteiger partial charge in [-0.25, -0.2) is 0 Å². The van der Waals surface area contributed by atoms with Crippen molar-refractivity contribution in [1.29, 1.82) is 0 Å². The molecule has 1 saturated heterocycles. The van der Waals surface area contributed by atoms with Gasteiger partial charge in [0.05, 0.1) is 0 Å². The van der Waals surface area contributed by atoms with Gasteiger partial charge in [0.1, 0.15) is 0 Å². The maximum Gasteiger partial charge on any atom is 0.221 e. The summed E-state index contributed by atoms with van der Waals surface area (Å²) >= 11 is 0. The molecule has 0 aromatic rings. The van der Waals surface area contributed by atoms with E-state index in [0.29, 0.717) is 6.42 Å². The molecule has 0 radical (unpaired) electrons. The van der Waals surface area contributed by atoms with Gasteiger partial charge in [-0.05, 0) is 37.5 Å². The van der Waals surface area contributed by atoms with Crippen LogP contribution in [0.15, 0.2) is 0 Å². The van der Waals surface area contributed by atoms with Crippen molar-refractivity contribution < 1.29 is 4.79 Å². The van der Waals surface area contributed by atoms with Crippen molar-refractivity contribution in [2.45, 2.75) is 52.0 Å². The van der Waals surface area contributed by atoms with Crippen LogP contribution in [0.4, 0.5) is 0 Å². The number of nitrogens with zero attached hydrogens (tertiary/aromatic N) is 2. The second-order valence-corrected chi connectivity index (χ2v) is 7.11. The van der Waals surface area contributed by atoms with Gasteiger partial charge in [-0.1, -0.05) is 13.8 Å². The molecule has 0 unspecified atom stereocenters. The molecule has 1 saturated carbocycles. The van der Waals surface area contributed by atoms with Crippen LogP contribution in [0.3, 0.4) is 0 Å². The van der Waals surface area contributed by atoms with Gasteiger partial charge in [0.25, 0.3) is 0 Å². The van der Waals surface area contributed by atoms with Crippen molar-refractivity contribution in [2.24, 2.45) is 11.8 Å². The van der Waals surface area contributed by atoms with Gasteiger partial charge in [-0.3, -0.25) is 9.69 Å².